The summed E-state index contributed by atoms with van der Waals surface area (Å²) in [5, 5.41) is 10.6. The van der Waals surface area contributed by atoms with Crippen LogP contribution in [-0.2, 0) is 0 Å². The number of hydrogen-bond acceptors (Lipinski definition) is 2. The van der Waals surface area contributed by atoms with Gasteiger partial charge in [-0.3, -0.25) is 0 Å². The van der Waals surface area contributed by atoms with Gasteiger partial charge in [-0.2, -0.15) is 0 Å². The number of aliphatic hydroxyl groups excluding tert-OH is 1. The molecule has 106 valence electrons. The molecule has 1 N–H and O–H groups in total. The van der Waals surface area contributed by atoms with Crippen molar-refractivity contribution in [3.8, 4) is 5.75 Å². The first-order valence-corrected chi connectivity index (χ1v) is 7.03. The number of aliphatic hydroxyl groups is 1. The van der Waals surface area contributed by atoms with Crippen LogP contribution >= 0.6 is 0 Å². The fourth-order valence-electron chi connectivity index (χ4n) is 3.48. The molecule has 1 aromatic rings. The number of halogens is 1. The summed E-state index contributed by atoms with van der Waals surface area (Å²) in [6.07, 6.45) is 2.31. The molecule has 2 nitrogen and oxygen atoms in total. The molecule has 0 radical (unpaired) electrons. The van der Waals surface area contributed by atoms with Gasteiger partial charge in [-0.25, -0.2) is 4.39 Å². The van der Waals surface area contributed by atoms with E-state index in [0.29, 0.717) is 23.1 Å². The third kappa shape index (κ3) is 3.08. The molecule has 0 saturated heterocycles. The lowest BCUT2D eigenvalue weighted by molar-refractivity contribution is 0.0508. The Labute approximate surface area is 114 Å². The predicted octanol–water partition coefficient (Wildman–Crippen LogP) is 3.94. The molecule has 3 atom stereocenters. The van der Waals surface area contributed by atoms with Crippen molar-refractivity contribution in [3.05, 3.63) is 29.6 Å². The van der Waals surface area contributed by atoms with Crippen molar-refractivity contribution in [3.63, 3.8) is 0 Å². The minimum absolute atomic E-state index is 0.115. The van der Waals surface area contributed by atoms with Gasteiger partial charge in [0.1, 0.15) is 11.6 Å². The van der Waals surface area contributed by atoms with Crippen LogP contribution in [-0.4, -0.2) is 12.2 Å². The lowest BCUT2D eigenvalue weighted by Gasteiger charge is -2.34. The Bertz CT molecular complexity index is 423. The van der Waals surface area contributed by atoms with Crippen molar-refractivity contribution < 1.29 is 14.2 Å². The van der Waals surface area contributed by atoms with Crippen molar-refractivity contribution in [2.45, 2.75) is 39.2 Å². The van der Waals surface area contributed by atoms with Crippen LogP contribution in [0.2, 0.25) is 0 Å². The number of rotatable bonds is 3. The Morgan fingerprint density at radius 3 is 2.42 bits per heavy atom. The average Bonchev–Trinajstić information content (AvgIpc) is 2.36. The monoisotopic (exact) mass is 266 g/mol. The van der Waals surface area contributed by atoms with Gasteiger partial charge in [-0.1, -0.05) is 19.9 Å². The van der Waals surface area contributed by atoms with Crippen LogP contribution in [0.3, 0.4) is 0 Å². The van der Waals surface area contributed by atoms with Gasteiger partial charge < -0.3 is 9.84 Å². The molecule has 1 aromatic carbocycles. The van der Waals surface area contributed by atoms with Gasteiger partial charge in [0.2, 0.25) is 0 Å². The van der Waals surface area contributed by atoms with Crippen LogP contribution in [0.4, 0.5) is 4.39 Å². The molecule has 0 aromatic heterocycles. The fourth-order valence-corrected chi connectivity index (χ4v) is 3.48. The normalized spacial score (nSPS) is 29.0. The molecule has 1 aliphatic rings. The highest BCUT2D eigenvalue weighted by Crippen LogP contribution is 2.42. The molecule has 0 heterocycles. The highest BCUT2D eigenvalue weighted by Gasteiger charge is 2.32. The summed E-state index contributed by atoms with van der Waals surface area (Å²) < 4.78 is 19.2. The Kier molecular flexibility index (Phi) is 4.46. The molecular weight excluding hydrogens is 243 g/mol. The summed E-state index contributed by atoms with van der Waals surface area (Å²) in [5.41, 5.74) is 0.316. The van der Waals surface area contributed by atoms with Crippen LogP contribution in [0.25, 0.3) is 0 Å². The molecule has 0 spiro atoms. The van der Waals surface area contributed by atoms with Crippen LogP contribution in [0.15, 0.2) is 18.2 Å². The molecule has 0 amide bonds. The smallest absolute Gasteiger partial charge is 0.132 e. The molecule has 0 bridgehead atoms. The van der Waals surface area contributed by atoms with Gasteiger partial charge in [0, 0.05) is 0 Å². The molecule has 3 unspecified atom stereocenters. The largest absolute Gasteiger partial charge is 0.496 e. The first kappa shape index (κ1) is 14.3. The molecular formula is C16H23FO2. The maximum atomic E-state index is 14.0. The average molecular weight is 266 g/mol. The molecule has 1 saturated carbocycles. The van der Waals surface area contributed by atoms with Gasteiger partial charge in [-0.15, -0.1) is 0 Å². The zero-order valence-corrected chi connectivity index (χ0v) is 11.9. The topological polar surface area (TPSA) is 29.5 Å². The van der Waals surface area contributed by atoms with Crippen LogP contribution in [0, 0.1) is 23.6 Å². The summed E-state index contributed by atoms with van der Waals surface area (Å²) in [6.45, 7) is 4.40. The Balaban J connectivity index is 2.26. The van der Waals surface area contributed by atoms with Crippen molar-refractivity contribution in [1.82, 2.24) is 0 Å². The Morgan fingerprint density at radius 2 is 1.84 bits per heavy atom. The minimum atomic E-state index is -0.777. The van der Waals surface area contributed by atoms with E-state index in [1.54, 1.807) is 12.1 Å². The predicted molar refractivity (Wildman–Crippen MR) is 73.6 cm³/mol. The molecule has 3 heteroatoms. The van der Waals surface area contributed by atoms with Gasteiger partial charge in [0.15, 0.2) is 0 Å². The summed E-state index contributed by atoms with van der Waals surface area (Å²) in [5.74, 6) is 1.35. The van der Waals surface area contributed by atoms with Crippen LogP contribution < -0.4 is 4.74 Å². The number of hydrogen-bond donors (Lipinski definition) is 1. The highest BCUT2D eigenvalue weighted by atomic mass is 19.1. The van der Waals surface area contributed by atoms with E-state index in [9.17, 15) is 9.50 Å². The number of benzene rings is 1. The van der Waals surface area contributed by atoms with Gasteiger partial charge in [0.05, 0.1) is 18.8 Å². The van der Waals surface area contributed by atoms with E-state index in [1.807, 2.05) is 0 Å². The molecule has 0 aliphatic heterocycles. The van der Waals surface area contributed by atoms with E-state index >= 15 is 0 Å². The molecule has 1 aliphatic carbocycles. The summed E-state index contributed by atoms with van der Waals surface area (Å²) >= 11 is 0. The Hall–Kier alpha value is -1.09. The summed E-state index contributed by atoms with van der Waals surface area (Å²) in [4.78, 5) is 0. The van der Waals surface area contributed by atoms with Crippen molar-refractivity contribution >= 4 is 0 Å². The standard InChI is InChI=1S/C16H23FO2/c1-10-7-11(2)9-12(8-10)16(18)15-13(17)5-4-6-14(15)19-3/h4-6,10-12,16,18H,7-9H2,1-3H3. The molecule has 19 heavy (non-hydrogen) atoms. The lowest BCUT2D eigenvalue weighted by Crippen LogP contribution is -2.25. The minimum Gasteiger partial charge on any atom is -0.496 e. The van der Waals surface area contributed by atoms with E-state index in [-0.39, 0.29) is 11.7 Å². The van der Waals surface area contributed by atoms with Crippen LogP contribution in [0.1, 0.15) is 44.8 Å². The SMILES string of the molecule is COc1cccc(F)c1C(O)C1CC(C)CC(C)C1. The zero-order valence-electron chi connectivity index (χ0n) is 11.9. The number of methoxy groups -OCH3 is 1. The highest BCUT2D eigenvalue weighted by molar-refractivity contribution is 5.36. The summed E-state index contributed by atoms with van der Waals surface area (Å²) in [6, 6.07) is 4.70. The zero-order chi connectivity index (χ0) is 14.0. The maximum absolute atomic E-state index is 14.0. The van der Waals surface area contributed by atoms with Gasteiger partial charge in [0.25, 0.3) is 0 Å². The quantitative estimate of drug-likeness (QED) is 0.898. The second-order valence-corrected chi connectivity index (χ2v) is 5.98. The first-order chi connectivity index (χ1) is 9.02. The van der Waals surface area contributed by atoms with E-state index in [1.165, 1.54) is 19.6 Å². The Morgan fingerprint density at radius 1 is 1.21 bits per heavy atom. The fraction of sp³-hybridized carbons (Fsp3) is 0.625. The van der Waals surface area contributed by atoms with Crippen molar-refractivity contribution in [2.24, 2.45) is 17.8 Å². The van der Waals surface area contributed by atoms with E-state index in [2.05, 4.69) is 13.8 Å². The van der Waals surface area contributed by atoms with Gasteiger partial charge in [-0.05, 0) is 49.1 Å². The second-order valence-electron chi connectivity index (χ2n) is 5.98. The third-order valence-electron chi connectivity index (χ3n) is 4.19. The lowest BCUT2D eigenvalue weighted by atomic mass is 9.73. The van der Waals surface area contributed by atoms with Crippen molar-refractivity contribution in [2.75, 3.05) is 7.11 Å². The first-order valence-electron chi connectivity index (χ1n) is 7.03. The van der Waals surface area contributed by atoms with Crippen molar-refractivity contribution in [1.29, 1.82) is 0 Å². The summed E-state index contributed by atoms with van der Waals surface area (Å²) in [7, 11) is 1.51. The molecule has 2 rings (SSSR count). The second kappa shape index (κ2) is 5.91. The maximum Gasteiger partial charge on any atom is 0.132 e. The van der Waals surface area contributed by atoms with Gasteiger partial charge >= 0.3 is 0 Å². The molecule has 1 fully saturated rings. The van der Waals surface area contributed by atoms with E-state index in [0.717, 1.165) is 12.8 Å². The van der Waals surface area contributed by atoms with Crippen LogP contribution in [0.5, 0.6) is 5.75 Å². The number of ether oxygens (including phenoxy) is 1. The van der Waals surface area contributed by atoms with E-state index < -0.39 is 6.10 Å². The third-order valence-corrected chi connectivity index (χ3v) is 4.19. The van der Waals surface area contributed by atoms with E-state index in [4.69, 9.17) is 4.74 Å².